The van der Waals surface area contributed by atoms with Gasteiger partial charge in [0.15, 0.2) is 4.80 Å². The number of nitrogens with zero attached hydrogens (tertiary/aromatic N) is 2. The van der Waals surface area contributed by atoms with Crippen LogP contribution in [0.1, 0.15) is 31.0 Å². The first kappa shape index (κ1) is 22.9. The van der Waals surface area contributed by atoms with E-state index in [0.717, 1.165) is 0 Å². The quantitative estimate of drug-likeness (QED) is 0.517. The molecule has 1 aliphatic rings. The molecule has 0 saturated heterocycles. The fourth-order valence-corrected chi connectivity index (χ4v) is 4.93. The van der Waals surface area contributed by atoms with Gasteiger partial charge in [0, 0.05) is 10.6 Å². The minimum atomic E-state index is -0.802. The summed E-state index contributed by atoms with van der Waals surface area (Å²) in [6.07, 6.45) is 1.68. The molecule has 0 bridgehead atoms. The van der Waals surface area contributed by atoms with Crippen molar-refractivity contribution in [3.8, 4) is 5.75 Å². The van der Waals surface area contributed by atoms with Crippen molar-refractivity contribution in [2.24, 2.45) is 4.99 Å². The number of fused-ring (bicyclic) bond motifs is 1. The molecule has 6 nitrogen and oxygen atoms in total. The molecule has 33 heavy (non-hydrogen) atoms. The zero-order chi connectivity index (χ0) is 23.7. The molecule has 0 amide bonds. The van der Waals surface area contributed by atoms with Crippen LogP contribution in [0, 0.1) is 5.82 Å². The fraction of sp³-hybridized carbons (Fsp3) is 0.208. The molecule has 2 heterocycles. The van der Waals surface area contributed by atoms with Crippen LogP contribution >= 0.6 is 22.9 Å². The average Bonchev–Trinajstić information content (AvgIpc) is 3.08. The van der Waals surface area contributed by atoms with Crippen LogP contribution in [-0.4, -0.2) is 24.3 Å². The Bertz CT molecular complexity index is 1440. The summed E-state index contributed by atoms with van der Waals surface area (Å²) in [5, 5.41) is 0.499. The summed E-state index contributed by atoms with van der Waals surface area (Å²) in [7, 11) is 1.53. The normalized spacial score (nSPS) is 15.8. The number of aromatic nitrogens is 1. The lowest BCUT2D eigenvalue weighted by Crippen LogP contribution is -2.39. The number of hydrogen-bond acceptors (Lipinski definition) is 6. The first-order chi connectivity index (χ1) is 15.8. The smallest absolute Gasteiger partial charge is 0.338 e. The topological polar surface area (TPSA) is 69.9 Å². The van der Waals surface area contributed by atoms with Gasteiger partial charge in [0.1, 0.15) is 11.6 Å². The molecule has 0 radical (unpaired) electrons. The summed E-state index contributed by atoms with van der Waals surface area (Å²) in [5.74, 6) is -0.430. The second-order valence-electron chi connectivity index (χ2n) is 7.24. The minimum Gasteiger partial charge on any atom is -0.496 e. The number of esters is 1. The Hall–Kier alpha value is -3.23. The molecule has 0 saturated carbocycles. The summed E-state index contributed by atoms with van der Waals surface area (Å²) in [6, 6.07) is 10.00. The number of rotatable bonds is 5. The summed E-state index contributed by atoms with van der Waals surface area (Å²) >= 11 is 7.32. The lowest BCUT2D eigenvalue weighted by Gasteiger charge is -2.24. The number of thiazole rings is 1. The molecule has 170 valence electrons. The maximum Gasteiger partial charge on any atom is 0.338 e. The first-order valence-corrected chi connectivity index (χ1v) is 11.3. The number of ether oxygens (including phenoxy) is 2. The van der Waals surface area contributed by atoms with E-state index < -0.39 is 17.8 Å². The van der Waals surface area contributed by atoms with E-state index in [1.807, 2.05) is 0 Å². The van der Waals surface area contributed by atoms with E-state index in [0.29, 0.717) is 36.9 Å². The second-order valence-corrected chi connectivity index (χ2v) is 8.69. The Balaban J connectivity index is 1.97. The van der Waals surface area contributed by atoms with Gasteiger partial charge in [-0.15, -0.1) is 0 Å². The molecule has 1 aromatic heterocycles. The highest BCUT2D eigenvalue weighted by molar-refractivity contribution is 7.07. The van der Waals surface area contributed by atoms with Crippen LogP contribution in [0.4, 0.5) is 4.39 Å². The number of carbonyl (C=O) groups is 1. The number of carbonyl (C=O) groups excluding carboxylic acids is 1. The lowest BCUT2D eigenvalue weighted by atomic mass is 9.96. The first-order valence-electron chi connectivity index (χ1n) is 10.1. The largest absolute Gasteiger partial charge is 0.496 e. The average molecular weight is 487 g/mol. The van der Waals surface area contributed by atoms with E-state index in [4.69, 9.17) is 21.1 Å². The van der Waals surface area contributed by atoms with Gasteiger partial charge in [-0.2, -0.15) is 0 Å². The molecule has 0 aliphatic carbocycles. The van der Waals surface area contributed by atoms with Crippen LogP contribution in [0.2, 0.25) is 5.02 Å². The molecule has 0 fully saturated rings. The van der Waals surface area contributed by atoms with E-state index in [-0.39, 0.29) is 17.7 Å². The molecule has 0 N–H and O–H groups in total. The van der Waals surface area contributed by atoms with Gasteiger partial charge in [-0.3, -0.25) is 9.36 Å². The van der Waals surface area contributed by atoms with E-state index in [1.165, 1.54) is 35.1 Å². The van der Waals surface area contributed by atoms with E-state index in [2.05, 4.69) is 4.99 Å². The predicted molar refractivity (Wildman–Crippen MR) is 125 cm³/mol. The van der Waals surface area contributed by atoms with Crippen molar-refractivity contribution in [2.45, 2.75) is 19.9 Å². The zero-order valence-electron chi connectivity index (χ0n) is 18.1. The van der Waals surface area contributed by atoms with Crippen LogP contribution in [0.25, 0.3) is 6.08 Å². The van der Waals surface area contributed by atoms with E-state index >= 15 is 0 Å². The zero-order valence-corrected chi connectivity index (χ0v) is 19.7. The van der Waals surface area contributed by atoms with Crippen LogP contribution in [0.15, 0.2) is 63.5 Å². The van der Waals surface area contributed by atoms with E-state index in [9.17, 15) is 14.0 Å². The van der Waals surface area contributed by atoms with Crippen LogP contribution in [-0.2, 0) is 9.53 Å². The van der Waals surface area contributed by atoms with Gasteiger partial charge in [-0.1, -0.05) is 35.1 Å². The molecule has 3 aromatic rings. The monoisotopic (exact) mass is 486 g/mol. The van der Waals surface area contributed by atoms with Crippen LogP contribution in [0.3, 0.4) is 0 Å². The number of halogens is 2. The van der Waals surface area contributed by atoms with Gasteiger partial charge < -0.3 is 9.47 Å². The van der Waals surface area contributed by atoms with Crippen molar-refractivity contribution >= 4 is 35.0 Å². The minimum absolute atomic E-state index is 0.171. The second kappa shape index (κ2) is 9.33. The Kier molecular flexibility index (Phi) is 6.49. The third-order valence-corrected chi connectivity index (χ3v) is 6.40. The van der Waals surface area contributed by atoms with Gasteiger partial charge in [0.2, 0.25) is 0 Å². The number of hydrogen-bond donors (Lipinski definition) is 0. The summed E-state index contributed by atoms with van der Waals surface area (Å²) in [6.45, 7) is 3.57. The maximum atomic E-state index is 13.6. The fourth-order valence-electron chi connectivity index (χ4n) is 3.71. The van der Waals surface area contributed by atoms with Gasteiger partial charge >= 0.3 is 5.97 Å². The van der Waals surface area contributed by atoms with Crippen molar-refractivity contribution in [3.63, 3.8) is 0 Å². The van der Waals surface area contributed by atoms with Gasteiger partial charge in [-0.25, -0.2) is 14.2 Å². The van der Waals surface area contributed by atoms with Gasteiger partial charge in [0.25, 0.3) is 5.56 Å². The number of allylic oxidation sites excluding steroid dienone is 1. The highest BCUT2D eigenvalue weighted by Crippen LogP contribution is 2.31. The summed E-state index contributed by atoms with van der Waals surface area (Å²) in [5.41, 5.74) is 1.54. The van der Waals surface area contributed by atoms with Crippen molar-refractivity contribution in [2.75, 3.05) is 13.7 Å². The third kappa shape index (κ3) is 4.36. The summed E-state index contributed by atoms with van der Waals surface area (Å²) in [4.78, 5) is 31.3. The third-order valence-electron chi connectivity index (χ3n) is 5.18. The van der Waals surface area contributed by atoms with E-state index in [1.54, 1.807) is 50.3 Å². The molecule has 4 rings (SSSR count). The van der Waals surface area contributed by atoms with Crippen LogP contribution in [0.5, 0.6) is 5.75 Å². The number of methoxy groups -OCH3 is 1. The predicted octanol–water partition coefficient (Wildman–Crippen LogP) is 3.60. The van der Waals surface area contributed by atoms with Gasteiger partial charge in [0.05, 0.1) is 35.6 Å². The van der Waals surface area contributed by atoms with Gasteiger partial charge in [-0.05, 0) is 55.8 Å². The highest BCUT2D eigenvalue weighted by atomic mass is 35.5. The number of benzene rings is 2. The van der Waals surface area contributed by atoms with Crippen molar-refractivity contribution in [1.29, 1.82) is 0 Å². The molecular formula is C24H20ClFN2O4S. The lowest BCUT2D eigenvalue weighted by molar-refractivity contribution is -0.139. The standard InChI is InChI=1S/C24H20ClFN2O4S/c1-4-32-23(30)20-13(2)27-24-28(21(20)14-5-8-17(26)9-6-14)22(29)19(33-24)12-15-11-16(25)7-10-18(15)31-3/h5-12,21H,4H2,1-3H3/b19-12-/t21-/m1/s1. The molecule has 2 aromatic carbocycles. The molecular weight excluding hydrogens is 467 g/mol. The Morgan fingerprint density at radius 3 is 2.67 bits per heavy atom. The molecule has 9 heteroatoms. The molecule has 0 unspecified atom stereocenters. The molecule has 1 aliphatic heterocycles. The SMILES string of the molecule is CCOC(=O)C1=C(C)N=c2s/c(=C\c3cc(Cl)ccc3OC)c(=O)n2[C@@H]1c1ccc(F)cc1. The van der Waals surface area contributed by atoms with Crippen molar-refractivity contribution in [1.82, 2.24) is 4.57 Å². The molecule has 0 spiro atoms. The van der Waals surface area contributed by atoms with Crippen molar-refractivity contribution in [3.05, 3.63) is 95.4 Å². The Morgan fingerprint density at radius 1 is 1.27 bits per heavy atom. The Morgan fingerprint density at radius 2 is 2.00 bits per heavy atom. The highest BCUT2D eigenvalue weighted by Gasteiger charge is 2.33. The Labute approximate surface area is 197 Å². The summed E-state index contributed by atoms with van der Waals surface area (Å²) < 4.78 is 26.1. The maximum absolute atomic E-state index is 13.6. The molecule has 1 atom stereocenters. The van der Waals surface area contributed by atoms with Crippen molar-refractivity contribution < 1.29 is 18.7 Å². The van der Waals surface area contributed by atoms with Crippen LogP contribution < -0.4 is 19.6 Å².